The molecule has 1 aromatic rings. The van der Waals surface area contributed by atoms with Crippen molar-refractivity contribution in [1.82, 2.24) is 4.98 Å². The number of Topliss-reactive ketones (excluding diaryl/α,β-unsaturated/α-hetero) is 1. The van der Waals surface area contributed by atoms with E-state index in [-0.39, 0.29) is 0 Å². The summed E-state index contributed by atoms with van der Waals surface area (Å²) in [5.74, 6) is 1.23. The fourth-order valence-corrected chi connectivity index (χ4v) is 2.27. The zero-order valence-corrected chi connectivity index (χ0v) is 8.42. The molecule has 1 aliphatic carbocycles. The third kappa shape index (κ3) is 1.35. The summed E-state index contributed by atoms with van der Waals surface area (Å²) >= 11 is 0. The lowest BCUT2D eigenvalue weighted by atomic mass is 9.88. The number of fused-ring (bicyclic) bond motifs is 1. The monoisotopic (exact) mass is 200 g/mol. The molecule has 1 aliphatic heterocycles. The van der Waals surface area contributed by atoms with Gasteiger partial charge < -0.3 is 5.32 Å². The van der Waals surface area contributed by atoms with Gasteiger partial charge in [0.2, 0.25) is 0 Å². The quantitative estimate of drug-likeness (QED) is 0.697. The summed E-state index contributed by atoms with van der Waals surface area (Å²) in [7, 11) is 0. The van der Waals surface area contributed by atoms with Crippen LogP contribution in [0.3, 0.4) is 0 Å². The van der Waals surface area contributed by atoms with E-state index in [2.05, 4.69) is 10.3 Å². The highest BCUT2D eigenvalue weighted by molar-refractivity contribution is 5.98. The Bertz CT molecular complexity index is 462. The van der Waals surface area contributed by atoms with E-state index in [1.54, 1.807) is 6.20 Å². The highest BCUT2D eigenvalue weighted by Gasteiger charge is 2.25. The van der Waals surface area contributed by atoms with Crippen LogP contribution in [-0.4, -0.2) is 10.8 Å². The number of rotatable bonds is 0. The van der Waals surface area contributed by atoms with E-state index in [9.17, 15) is 4.79 Å². The molecule has 0 radical (unpaired) electrons. The van der Waals surface area contributed by atoms with Gasteiger partial charge in [0, 0.05) is 30.3 Å². The minimum atomic E-state index is 0.304. The van der Waals surface area contributed by atoms with Crippen LogP contribution >= 0.6 is 0 Å². The second-order valence-corrected chi connectivity index (χ2v) is 4.05. The molecule has 76 valence electrons. The molecule has 0 saturated carbocycles. The molecular weight excluding hydrogens is 188 g/mol. The van der Waals surface area contributed by atoms with Gasteiger partial charge in [-0.3, -0.25) is 4.79 Å². The van der Waals surface area contributed by atoms with Crippen molar-refractivity contribution in [2.24, 2.45) is 0 Å². The maximum Gasteiger partial charge on any atom is 0.160 e. The van der Waals surface area contributed by atoms with E-state index in [1.807, 2.05) is 12.1 Å². The van der Waals surface area contributed by atoms with Crippen LogP contribution in [0.1, 0.15) is 24.8 Å². The summed E-state index contributed by atoms with van der Waals surface area (Å²) in [5, 5.41) is 3.28. The fraction of sp³-hybridized carbons (Fsp3) is 0.333. The SMILES string of the molecule is O=C1CCCC2=C1Cc1cccnc1N2. The van der Waals surface area contributed by atoms with Gasteiger partial charge in [0.05, 0.1) is 0 Å². The summed E-state index contributed by atoms with van der Waals surface area (Å²) < 4.78 is 0. The van der Waals surface area contributed by atoms with Gasteiger partial charge in [-0.25, -0.2) is 4.98 Å². The van der Waals surface area contributed by atoms with Crippen molar-refractivity contribution < 1.29 is 4.79 Å². The van der Waals surface area contributed by atoms with Crippen LogP contribution in [0.25, 0.3) is 0 Å². The van der Waals surface area contributed by atoms with Crippen LogP contribution in [0, 0.1) is 0 Å². The molecule has 0 fully saturated rings. The second kappa shape index (κ2) is 3.19. The Morgan fingerprint density at radius 2 is 2.27 bits per heavy atom. The lowest BCUT2D eigenvalue weighted by Gasteiger charge is -2.26. The summed E-state index contributed by atoms with van der Waals surface area (Å²) in [5.41, 5.74) is 3.20. The van der Waals surface area contributed by atoms with Gasteiger partial charge in [-0.15, -0.1) is 0 Å². The average Bonchev–Trinajstić information content (AvgIpc) is 2.27. The number of hydrogen-bond donors (Lipinski definition) is 1. The van der Waals surface area contributed by atoms with E-state index >= 15 is 0 Å². The third-order valence-corrected chi connectivity index (χ3v) is 3.06. The fourth-order valence-electron chi connectivity index (χ4n) is 2.27. The van der Waals surface area contributed by atoms with Crippen LogP contribution in [0.2, 0.25) is 0 Å². The molecule has 3 heteroatoms. The zero-order valence-electron chi connectivity index (χ0n) is 8.42. The van der Waals surface area contributed by atoms with E-state index in [0.717, 1.165) is 41.9 Å². The summed E-state index contributed by atoms with van der Waals surface area (Å²) in [6.07, 6.45) is 5.19. The van der Waals surface area contributed by atoms with Crippen molar-refractivity contribution in [1.29, 1.82) is 0 Å². The van der Waals surface area contributed by atoms with Crippen LogP contribution in [0.15, 0.2) is 29.6 Å². The van der Waals surface area contributed by atoms with Gasteiger partial charge in [0.15, 0.2) is 5.78 Å². The molecule has 3 nitrogen and oxygen atoms in total. The smallest absolute Gasteiger partial charge is 0.160 e. The number of pyridine rings is 1. The maximum atomic E-state index is 11.7. The normalized spacial score (nSPS) is 19.3. The van der Waals surface area contributed by atoms with Crippen molar-refractivity contribution >= 4 is 11.6 Å². The summed E-state index contributed by atoms with van der Waals surface area (Å²) in [6, 6.07) is 3.94. The van der Waals surface area contributed by atoms with Gasteiger partial charge in [-0.05, 0) is 24.5 Å². The van der Waals surface area contributed by atoms with Crippen molar-refractivity contribution in [3.05, 3.63) is 35.2 Å². The number of carbonyl (C=O) groups excluding carboxylic acids is 1. The number of aromatic nitrogens is 1. The van der Waals surface area contributed by atoms with E-state index < -0.39 is 0 Å². The number of carbonyl (C=O) groups is 1. The minimum absolute atomic E-state index is 0.304. The highest BCUT2D eigenvalue weighted by atomic mass is 16.1. The van der Waals surface area contributed by atoms with Gasteiger partial charge in [0.1, 0.15) is 5.82 Å². The van der Waals surface area contributed by atoms with Crippen LogP contribution in [-0.2, 0) is 11.2 Å². The molecule has 2 heterocycles. The lowest BCUT2D eigenvalue weighted by molar-refractivity contribution is -0.116. The number of ketones is 1. The molecular formula is C12H12N2O. The molecule has 1 aromatic heterocycles. The number of nitrogens with one attached hydrogen (secondary N) is 1. The van der Waals surface area contributed by atoms with E-state index in [1.165, 1.54) is 0 Å². The first-order valence-electron chi connectivity index (χ1n) is 5.31. The van der Waals surface area contributed by atoms with Crippen LogP contribution in [0.5, 0.6) is 0 Å². The molecule has 0 amide bonds. The van der Waals surface area contributed by atoms with Gasteiger partial charge >= 0.3 is 0 Å². The Morgan fingerprint density at radius 3 is 3.20 bits per heavy atom. The third-order valence-electron chi connectivity index (χ3n) is 3.06. The van der Waals surface area contributed by atoms with Crippen molar-refractivity contribution in [3.63, 3.8) is 0 Å². The molecule has 0 bridgehead atoms. The van der Waals surface area contributed by atoms with Crippen molar-refractivity contribution in [2.75, 3.05) is 5.32 Å². The topological polar surface area (TPSA) is 42.0 Å². The molecule has 0 saturated heterocycles. The standard InChI is InChI=1S/C12H12N2O/c15-11-5-1-4-10-9(11)7-8-3-2-6-13-12(8)14-10/h2-3,6H,1,4-5,7H2,(H,13,14). The molecule has 0 unspecified atom stereocenters. The van der Waals surface area contributed by atoms with Crippen LogP contribution < -0.4 is 5.32 Å². The number of hydrogen-bond acceptors (Lipinski definition) is 3. The number of anilines is 1. The highest BCUT2D eigenvalue weighted by Crippen LogP contribution is 2.32. The van der Waals surface area contributed by atoms with Crippen LogP contribution in [0.4, 0.5) is 5.82 Å². The summed E-state index contributed by atoms with van der Waals surface area (Å²) in [6.45, 7) is 0. The van der Waals surface area contributed by atoms with Crippen molar-refractivity contribution in [3.8, 4) is 0 Å². The van der Waals surface area contributed by atoms with Gasteiger partial charge in [-0.1, -0.05) is 6.07 Å². The maximum absolute atomic E-state index is 11.7. The molecule has 2 aliphatic rings. The lowest BCUT2D eigenvalue weighted by Crippen LogP contribution is -2.22. The second-order valence-electron chi connectivity index (χ2n) is 4.05. The molecule has 0 atom stereocenters. The first-order chi connectivity index (χ1) is 7.34. The van der Waals surface area contributed by atoms with Gasteiger partial charge in [0.25, 0.3) is 0 Å². The predicted octanol–water partition coefficient (Wildman–Crippen LogP) is 2.06. The predicted molar refractivity (Wildman–Crippen MR) is 57.4 cm³/mol. The average molecular weight is 200 g/mol. The molecule has 1 N–H and O–H groups in total. The summed E-state index contributed by atoms with van der Waals surface area (Å²) in [4.78, 5) is 16.0. The zero-order chi connectivity index (χ0) is 10.3. The Balaban J connectivity index is 2.04. The molecule has 0 aromatic carbocycles. The number of allylic oxidation sites excluding steroid dienone is 2. The Hall–Kier alpha value is -1.64. The van der Waals surface area contributed by atoms with Gasteiger partial charge in [-0.2, -0.15) is 0 Å². The first-order valence-corrected chi connectivity index (χ1v) is 5.31. The molecule has 0 spiro atoms. The molecule has 3 rings (SSSR count). The Kier molecular flexibility index (Phi) is 1.84. The minimum Gasteiger partial charge on any atom is -0.343 e. The molecule has 15 heavy (non-hydrogen) atoms. The Labute approximate surface area is 88.2 Å². The largest absolute Gasteiger partial charge is 0.343 e. The van der Waals surface area contributed by atoms with Crippen molar-refractivity contribution in [2.45, 2.75) is 25.7 Å². The Morgan fingerprint density at radius 1 is 1.33 bits per heavy atom. The number of nitrogens with zero attached hydrogens (tertiary/aromatic N) is 1. The first kappa shape index (κ1) is 8.65. The van der Waals surface area contributed by atoms with E-state index in [0.29, 0.717) is 12.2 Å². The van der Waals surface area contributed by atoms with E-state index in [4.69, 9.17) is 0 Å².